The molecule has 3 N–H and O–H groups in total. The molecule has 0 saturated carbocycles. The summed E-state index contributed by atoms with van der Waals surface area (Å²) in [5.74, 6) is 7.21. The second-order valence-electron chi connectivity index (χ2n) is 3.96. The molecule has 1 aromatic rings. The highest BCUT2D eigenvalue weighted by molar-refractivity contribution is 5.42. The standard InChI is InChI=1S/C13H22N2O3/c1-16-8-4-5-12(15-14)11-9-10(17-2)6-7-13(11)18-3/h6-7,9,12,15H,4-5,8,14H2,1-3H3. The summed E-state index contributed by atoms with van der Waals surface area (Å²) in [7, 11) is 4.98. The first-order chi connectivity index (χ1) is 8.76. The quantitative estimate of drug-likeness (QED) is 0.419. The molecule has 0 radical (unpaired) electrons. The molecule has 0 aliphatic rings. The van der Waals surface area contributed by atoms with Crippen LogP contribution in [0.2, 0.25) is 0 Å². The largest absolute Gasteiger partial charge is 0.497 e. The van der Waals surface area contributed by atoms with E-state index in [4.69, 9.17) is 20.1 Å². The van der Waals surface area contributed by atoms with E-state index in [0.717, 1.165) is 29.9 Å². The predicted octanol–water partition coefficient (Wildman–Crippen LogP) is 1.63. The van der Waals surface area contributed by atoms with E-state index in [-0.39, 0.29) is 6.04 Å². The summed E-state index contributed by atoms with van der Waals surface area (Å²) in [5.41, 5.74) is 3.81. The highest BCUT2D eigenvalue weighted by atomic mass is 16.5. The number of hydrogen-bond acceptors (Lipinski definition) is 5. The van der Waals surface area contributed by atoms with Crippen molar-refractivity contribution < 1.29 is 14.2 Å². The number of nitrogens with one attached hydrogen (secondary N) is 1. The van der Waals surface area contributed by atoms with Crippen LogP contribution < -0.4 is 20.7 Å². The molecule has 1 aromatic carbocycles. The van der Waals surface area contributed by atoms with Gasteiger partial charge in [-0.2, -0.15) is 0 Å². The molecule has 1 rings (SSSR count). The Morgan fingerprint density at radius 2 is 2.00 bits per heavy atom. The molecular weight excluding hydrogens is 232 g/mol. The van der Waals surface area contributed by atoms with E-state index >= 15 is 0 Å². The van der Waals surface area contributed by atoms with Gasteiger partial charge in [0.25, 0.3) is 0 Å². The normalized spacial score (nSPS) is 12.2. The van der Waals surface area contributed by atoms with Crippen LogP contribution in [0.25, 0.3) is 0 Å². The van der Waals surface area contributed by atoms with Crippen LogP contribution >= 0.6 is 0 Å². The Labute approximate surface area is 108 Å². The minimum Gasteiger partial charge on any atom is -0.497 e. The van der Waals surface area contributed by atoms with Crippen molar-refractivity contribution in [3.63, 3.8) is 0 Å². The molecule has 0 saturated heterocycles. The van der Waals surface area contributed by atoms with Gasteiger partial charge < -0.3 is 14.2 Å². The number of ether oxygens (including phenoxy) is 3. The van der Waals surface area contributed by atoms with Gasteiger partial charge in [0.15, 0.2) is 0 Å². The Kier molecular flexibility index (Phi) is 6.49. The lowest BCUT2D eigenvalue weighted by molar-refractivity contribution is 0.188. The summed E-state index contributed by atoms with van der Waals surface area (Å²) in [6.45, 7) is 0.713. The minimum absolute atomic E-state index is 0.0187. The summed E-state index contributed by atoms with van der Waals surface area (Å²) >= 11 is 0. The maximum absolute atomic E-state index is 5.61. The summed E-state index contributed by atoms with van der Waals surface area (Å²) in [5, 5.41) is 0. The van der Waals surface area contributed by atoms with E-state index in [2.05, 4.69) is 5.43 Å². The molecule has 1 unspecified atom stereocenters. The average Bonchev–Trinajstić information content (AvgIpc) is 2.43. The Hall–Kier alpha value is -1.30. The van der Waals surface area contributed by atoms with Crippen LogP contribution in [0.4, 0.5) is 0 Å². The molecular formula is C13H22N2O3. The van der Waals surface area contributed by atoms with Gasteiger partial charge in [-0.3, -0.25) is 11.3 Å². The van der Waals surface area contributed by atoms with Crippen LogP contribution in [0.3, 0.4) is 0 Å². The van der Waals surface area contributed by atoms with Gasteiger partial charge in [-0.15, -0.1) is 0 Å². The van der Waals surface area contributed by atoms with E-state index in [1.807, 2.05) is 18.2 Å². The van der Waals surface area contributed by atoms with Gasteiger partial charge in [-0.05, 0) is 31.0 Å². The third-order valence-electron chi connectivity index (χ3n) is 2.85. The van der Waals surface area contributed by atoms with Crippen LogP contribution in [0.15, 0.2) is 18.2 Å². The molecule has 102 valence electrons. The molecule has 5 nitrogen and oxygen atoms in total. The second-order valence-corrected chi connectivity index (χ2v) is 3.96. The van der Waals surface area contributed by atoms with Crippen molar-refractivity contribution in [2.24, 2.45) is 5.84 Å². The Morgan fingerprint density at radius 3 is 2.56 bits per heavy atom. The molecule has 0 heterocycles. The van der Waals surface area contributed by atoms with Crippen molar-refractivity contribution in [2.75, 3.05) is 27.9 Å². The maximum Gasteiger partial charge on any atom is 0.123 e. The van der Waals surface area contributed by atoms with Gasteiger partial charge in [0.2, 0.25) is 0 Å². The molecule has 0 bridgehead atoms. The third-order valence-corrected chi connectivity index (χ3v) is 2.85. The summed E-state index contributed by atoms with van der Waals surface area (Å²) < 4.78 is 15.6. The lowest BCUT2D eigenvalue weighted by atomic mass is 10.0. The number of methoxy groups -OCH3 is 3. The van der Waals surface area contributed by atoms with Gasteiger partial charge in [0.05, 0.1) is 14.2 Å². The molecule has 1 atom stereocenters. The van der Waals surface area contributed by atoms with Crippen molar-refractivity contribution in [3.05, 3.63) is 23.8 Å². The average molecular weight is 254 g/mol. The first-order valence-corrected chi connectivity index (χ1v) is 5.93. The van der Waals surface area contributed by atoms with Gasteiger partial charge in [0.1, 0.15) is 11.5 Å². The Bertz CT molecular complexity index is 358. The number of benzene rings is 1. The van der Waals surface area contributed by atoms with Crippen molar-refractivity contribution in [2.45, 2.75) is 18.9 Å². The number of hydrogen-bond donors (Lipinski definition) is 2. The summed E-state index contributed by atoms with van der Waals surface area (Å²) in [6, 6.07) is 5.71. The molecule has 0 aliphatic carbocycles. The van der Waals surface area contributed by atoms with Gasteiger partial charge in [0, 0.05) is 25.3 Å². The number of rotatable bonds is 8. The first-order valence-electron chi connectivity index (χ1n) is 5.93. The van der Waals surface area contributed by atoms with Crippen LogP contribution in [0.1, 0.15) is 24.4 Å². The zero-order valence-electron chi connectivity index (χ0n) is 11.2. The monoisotopic (exact) mass is 254 g/mol. The first kappa shape index (κ1) is 14.8. The predicted molar refractivity (Wildman–Crippen MR) is 70.7 cm³/mol. The van der Waals surface area contributed by atoms with Crippen molar-refractivity contribution in [3.8, 4) is 11.5 Å². The molecule has 0 spiro atoms. The Balaban J connectivity index is 2.87. The molecule has 0 aromatic heterocycles. The number of nitrogens with two attached hydrogens (primary N) is 1. The fourth-order valence-corrected chi connectivity index (χ4v) is 1.87. The van der Waals surface area contributed by atoms with Crippen LogP contribution in [-0.4, -0.2) is 27.9 Å². The van der Waals surface area contributed by atoms with Crippen LogP contribution in [0, 0.1) is 0 Å². The lowest BCUT2D eigenvalue weighted by Gasteiger charge is -2.19. The molecule has 0 fully saturated rings. The highest BCUT2D eigenvalue weighted by Crippen LogP contribution is 2.31. The minimum atomic E-state index is 0.0187. The lowest BCUT2D eigenvalue weighted by Crippen LogP contribution is -2.28. The van der Waals surface area contributed by atoms with Crippen molar-refractivity contribution in [1.82, 2.24) is 5.43 Å². The van der Waals surface area contributed by atoms with Crippen molar-refractivity contribution >= 4 is 0 Å². The van der Waals surface area contributed by atoms with Gasteiger partial charge >= 0.3 is 0 Å². The highest BCUT2D eigenvalue weighted by Gasteiger charge is 2.15. The molecule has 0 aliphatic heterocycles. The van der Waals surface area contributed by atoms with Gasteiger partial charge in [-0.1, -0.05) is 0 Å². The van der Waals surface area contributed by atoms with E-state index in [0.29, 0.717) is 6.61 Å². The van der Waals surface area contributed by atoms with E-state index in [1.165, 1.54) is 0 Å². The molecule has 18 heavy (non-hydrogen) atoms. The zero-order valence-corrected chi connectivity index (χ0v) is 11.2. The molecule has 5 heteroatoms. The SMILES string of the molecule is COCCCC(NN)c1cc(OC)ccc1OC. The summed E-state index contributed by atoms with van der Waals surface area (Å²) in [6.07, 6.45) is 1.79. The smallest absolute Gasteiger partial charge is 0.123 e. The van der Waals surface area contributed by atoms with E-state index in [9.17, 15) is 0 Å². The summed E-state index contributed by atoms with van der Waals surface area (Å²) in [4.78, 5) is 0. The van der Waals surface area contributed by atoms with Crippen molar-refractivity contribution in [1.29, 1.82) is 0 Å². The van der Waals surface area contributed by atoms with E-state index < -0.39 is 0 Å². The van der Waals surface area contributed by atoms with Crippen LogP contribution in [0.5, 0.6) is 11.5 Å². The fourth-order valence-electron chi connectivity index (χ4n) is 1.87. The number of hydrazine groups is 1. The Morgan fingerprint density at radius 1 is 1.22 bits per heavy atom. The molecule has 0 amide bonds. The third kappa shape index (κ3) is 3.87. The zero-order chi connectivity index (χ0) is 13.4. The second kappa shape index (κ2) is 7.92. The topological polar surface area (TPSA) is 65.7 Å². The maximum atomic E-state index is 5.61. The van der Waals surface area contributed by atoms with Gasteiger partial charge in [-0.25, -0.2) is 0 Å². The van der Waals surface area contributed by atoms with Crippen LogP contribution in [-0.2, 0) is 4.74 Å². The van der Waals surface area contributed by atoms with E-state index in [1.54, 1.807) is 21.3 Å². The fraction of sp³-hybridized carbons (Fsp3) is 0.538.